The molecule has 2 fully saturated rings. The van der Waals surface area contributed by atoms with Crippen molar-refractivity contribution < 1.29 is 4.79 Å². The largest absolute Gasteiger partial charge is 0.331 e. The molecule has 70 valence electrons. The maximum Gasteiger partial charge on any atom is 0.298 e. The summed E-state index contributed by atoms with van der Waals surface area (Å²) in [5.74, 6) is 5.26. The van der Waals surface area contributed by atoms with E-state index >= 15 is 0 Å². The summed E-state index contributed by atoms with van der Waals surface area (Å²) in [5, 5.41) is 0. The summed E-state index contributed by atoms with van der Waals surface area (Å²) in [6, 6.07) is 0. The summed E-state index contributed by atoms with van der Waals surface area (Å²) in [5.41, 5.74) is 0.505. The molecule has 1 amide bonds. The average Bonchev–Trinajstić information content (AvgIpc) is 2.49. The molecule has 2 heteroatoms. The van der Waals surface area contributed by atoms with Crippen LogP contribution in [-0.4, -0.2) is 23.9 Å². The minimum Gasteiger partial charge on any atom is -0.331 e. The van der Waals surface area contributed by atoms with E-state index in [2.05, 4.69) is 11.8 Å². The van der Waals surface area contributed by atoms with Crippen LogP contribution >= 0.6 is 0 Å². The van der Waals surface area contributed by atoms with Gasteiger partial charge in [-0.2, -0.15) is 0 Å². The number of hydrogen-bond donors (Lipinski definition) is 0. The SMILES string of the molecule is CC#CC(=O)N1CC2(CCCC2)C1. The van der Waals surface area contributed by atoms with E-state index in [9.17, 15) is 4.79 Å². The molecule has 2 nitrogen and oxygen atoms in total. The predicted molar refractivity (Wildman–Crippen MR) is 50.9 cm³/mol. The van der Waals surface area contributed by atoms with Gasteiger partial charge < -0.3 is 4.90 Å². The lowest BCUT2D eigenvalue weighted by Crippen LogP contribution is -2.56. The van der Waals surface area contributed by atoms with Crippen molar-refractivity contribution in [3.8, 4) is 11.8 Å². The number of amides is 1. The molecular weight excluding hydrogens is 162 g/mol. The lowest BCUT2D eigenvalue weighted by Gasteiger charge is -2.47. The topological polar surface area (TPSA) is 20.3 Å². The molecule has 1 saturated heterocycles. The summed E-state index contributed by atoms with van der Waals surface area (Å²) >= 11 is 0. The van der Waals surface area contributed by atoms with Crippen LogP contribution in [0.4, 0.5) is 0 Å². The highest BCUT2D eigenvalue weighted by Crippen LogP contribution is 2.45. The van der Waals surface area contributed by atoms with E-state index in [0.717, 1.165) is 13.1 Å². The van der Waals surface area contributed by atoms with Crippen LogP contribution in [0, 0.1) is 17.3 Å². The number of nitrogens with zero attached hydrogens (tertiary/aromatic N) is 1. The molecule has 1 saturated carbocycles. The number of likely N-dealkylation sites (tertiary alicyclic amines) is 1. The van der Waals surface area contributed by atoms with E-state index in [-0.39, 0.29) is 5.91 Å². The minimum atomic E-state index is 0.0139. The molecule has 0 aromatic carbocycles. The molecule has 2 aliphatic rings. The number of hydrogen-bond acceptors (Lipinski definition) is 1. The molecule has 0 bridgehead atoms. The van der Waals surface area contributed by atoms with Gasteiger partial charge in [0.05, 0.1) is 0 Å². The fourth-order valence-electron chi connectivity index (χ4n) is 2.53. The number of rotatable bonds is 0. The molecule has 0 unspecified atom stereocenters. The molecule has 0 aromatic rings. The highest BCUT2D eigenvalue weighted by Gasteiger charge is 2.46. The van der Waals surface area contributed by atoms with Gasteiger partial charge in [0.1, 0.15) is 0 Å². The first-order valence-corrected chi connectivity index (χ1v) is 4.97. The Labute approximate surface area is 79.3 Å². The normalized spacial score (nSPS) is 23.6. The van der Waals surface area contributed by atoms with Crippen molar-refractivity contribution in [2.24, 2.45) is 5.41 Å². The monoisotopic (exact) mass is 177 g/mol. The standard InChI is InChI=1S/C11H15NO/c1-2-5-10(13)12-8-11(9-12)6-3-4-7-11/h3-4,6-9H2,1H3. The Balaban J connectivity index is 1.89. The van der Waals surface area contributed by atoms with Crippen molar-refractivity contribution in [2.75, 3.05) is 13.1 Å². The zero-order valence-corrected chi connectivity index (χ0v) is 8.10. The van der Waals surface area contributed by atoms with Gasteiger partial charge in [0.25, 0.3) is 5.91 Å². The van der Waals surface area contributed by atoms with Crippen molar-refractivity contribution in [3.05, 3.63) is 0 Å². The third-order valence-electron chi connectivity index (χ3n) is 3.24. The van der Waals surface area contributed by atoms with Crippen molar-refractivity contribution in [2.45, 2.75) is 32.6 Å². The molecule has 0 radical (unpaired) electrons. The van der Waals surface area contributed by atoms with E-state index in [1.54, 1.807) is 6.92 Å². The van der Waals surface area contributed by atoms with Crippen molar-refractivity contribution in [3.63, 3.8) is 0 Å². The van der Waals surface area contributed by atoms with E-state index in [4.69, 9.17) is 0 Å². The van der Waals surface area contributed by atoms with Crippen LogP contribution in [0.5, 0.6) is 0 Å². The predicted octanol–water partition coefficient (Wildman–Crippen LogP) is 1.41. The van der Waals surface area contributed by atoms with Gasteiger partial charge in [-0.05, 0) is 25.7 Å². The van der Waals surface area contributed by atoms with Crippen LogP contribution < -0.4 is 0 Å². The lowest BCUT2D eigenvalue weighted by atomic mass is 9.78. The van der Waals surface area contributed by atoms with Gasteiger partial charge in [0, 0.05) is 18.5 Å². The molecular formula is C11H15NO. The number of carbonyl (C=O) groups is 1. The van der Waals surface area contributed by atoms with Crippen molar-refractivity contribution in [1.29, 1.82) is 0 Å². The molecule has 0 atom stereocenters. The fraction of sp³-hybridized carbons (Fsp3) is 0.727. The minimum absolute atomic E-state index is 0.0139. The Kier molecular flexibility index (Phi) is 2.03. The molecule has 13 heavy (non-hydrogen) atoms. The molecule has 1 spiro atoms. The molecule has 1 aliphatic heterocycles. The zero-order valence-electron chi connectivity index (χ0n) is 8.10. The molecule has 1 aliphatic carbocycles. The molecule has 0 aromatic heterocycles. The van der Waals surface area contributed by atoms with E-state index in [1.165, 1.54) is 25.7 Å². The van der Waals surface area contributed by atoms with Gasteiger partial charge in [0.15, 0.2) is 0 Å². The first kappa shape index (κ1) is 8.62. The van der Waals surface area contributed by atoms with Crippen LogP contribution in [0.15, 0.2) is 0 Å². The second kappa shape index (κ2) is 3.06. The summed E-state index contributed by atoms with van der Waals surface area (Å²) in [7, 11) is 0. The molecule has 0 N–H and O–H groups in total. The third-order valence-corrected chi connectivity index (χ3v) is 3.24. The fourth-order valence-corrected chi connectivity index (χ4v) is 2.53. The first-order valence-electron chi connectivity index (χ1n) is 4.97. The van der Waals surface area contributed by atoms with Gasteiger partial charge >= 0.3 is 0 Å². The summed E-state index contributed by atoms with van der Waals surface area (Å²) in [4.78, 5) is 13.2. The van der Waals surface area contributed by atoms with Crippen LogP contribution in [0.25, 0.3) is 0 Å². The van der Waals surface area contributed by atoms with Gasteiger partial charge in [-0.3, -0.25) is 4.79 Å². The maximum atomic E-state index is 11.3. The van der Waals surface area contributed by atoms with E-state index in [0.29, 0.717) is 5.41 Å². The van der Waals surface area contributed by atoms with Crippen LogP contribution in [0.1, 0.15) is 32.6 Å². The van der Waals surface area contributed by atoms with Crippen LogP contribution in [0.2, 0.25) is 0 Å². The van der Waals surface area contributed by atoms with Crippen LogP contribution in [0.3, 0.4) is 0 Å². The summed E-state index contributed by atoms with van der Waals surface area (Å²) < 4.78 is 0. The lowest BCUT2D eigenvalue weighted by molar-refractivity contribution is -0.136. The quantitative estimate of drug-likeness (QED) is 0.512. The summed E-state index contributed by atoms with van der Waals surface area (Å²) in [6.45, 7) is 3.63. The Morgan fingerprint density at radius 2 is 1.92 bits per heavy atom. The Morgan fingerprint density at radius 3 is 2.46 bits per heavy atom. The third kappa shape index (κ3) is 1.44. The first-order chi connectivity index (χ1) is 6.26. The van der Waals surface area contributed by atoms with Gasteiger partial charge in [-0.15, -0.1) is 0 Å². The van der Waals surface area contributed by atoms with E-state index in [1.807, 2.05) is 4.90 Å². The Hall–Kier alpha value is -0.970. The van der Waals surface area contributed by atoms with Gasteiger partial charge in [-0.25, -0.2) is 0 Å². The molecule has 1 heterocycles. The van der Waals surface area contributed by atoms with Crippen molar-refractivity contribution >= 4 is 5.91 Å². The van der Waals surface area contributed by atoms with Gasteiger partial charge in [0.2, 0.25) is 0 Å². The second-order valence-corrected chi connectivity index (χ2v) is 4.24. The maximum absolute atomic E-state index is 11.3. The highest BCUT2D eigenvalue weighted by molar-refractivity contribution is 5.94. The van der Waals surface area contributed by atoms with Crippen LogP contribution in [-0.2, 0) is 4.79 Å². The van der Waals surface area contributed by atoms with Gasteiger partial charge in [-0.1, -0.05) is 18.8 Å². The number of carbonyl (C=O) groups excluding carboxylic acids is 1. The smallest absolute Gasteiger partial charge is 0.298 e. The zero-order chi connectivity index (χ0) is 9.31. The average molecular weight is 177 g/mol. The van der Waals surface area contributed by atoms with E-state index < -0.39 is 0 Å². The molecule has 2 rings (SSSR count). The van der Waals surface area contributed by atoms with Crippen molar-refractivity contribution in [1.82, 2.24) is 4.90 Å². The Bertz CT molecular complexity index is 270. The Morgan fingerprint density at radius 1 is 1.31 bits per heavy atom. The summed E-state index contributed by atoms with van der Waals surface area (Å²) in [6.07, 6.45) is 5.33. The highest BCUT2D eigenvalue weighted by atomic mass is 16.2. The second-order valence-electron chi connectivity index (χ2n) is 4.24.